The largest absolute Gasteiger partial charge is 0.320 e. The van der Waals surface area contributed by atoms with E-state index in [0.717, 1.165) is 5.69 Å². The van der Waals surface area contributed by atoms with E-state index in [2.05, 4.69) is 27.2 Å². The zero-order chi connectivity index (χ0) is 14.5. The Labute approximate surface area is 117 Å². The molecular weight excluding hydrogens is 254 g/mol. The average molecular weight is 269 g/mol. The standard InChI is InChI=1S/C14H15N5O/c1-10-13(9-19(2)18-10)17-14(20)12-5-7-16-8-11(12)4-3-6-15/h5,7-9H,6,15H2,1-2H3,(H,17,20). The van der Waals surface area contributed by atoms with Crippen LogP contribution in [0.3, 0.4) is 0 Å². The van der Waals surface area contributed by atoms with Gasteiger partial charge in [-0.05, 0) is 13.0 Å². The molecule has 0 unspecified atom stereocenters. The first kappa shape index (κ1) is 13.8. The first-order chi connectivity index (χ1) is 9.61. The van der Waals surface area contributed by atoms with Crippen molar-refractivity contribution in [2.75, 3.05) is 11.9 Å². The van der Waals surface area contributed by atoms with Crippen molar-refractivity contribution in [3.8, 4) is 11.8 Å². The fourth-order valence-electron chi connectivity index (χ4n) is 1.75. The number of rotatable bonds is 2. The lowest BCUT2D eigenvalue weighted by Crippen LogP contribution is -2.14. The SMILES string of the molecule is Cc1nn(C)cc1NC(=O)c1ccncc1C#CCN. The Hall–Kier alpha value is -2.65. The van der Waals surface area contributed by atoms with E-state index in [1.165, 1.54) is 0 Å². The summed E-state index contributed by atoms with van der Waals surface area (Å²) in [5.74, 6) is 5.32. The van der Waals surface area contributed by atoms with Gasteiger partial charge in [0.2, 0.25) is 0 Å². The van der Waals surface area contributed by atoms with E-state index in [1.54, 1.807) is 36.4 Å². The summed E-state index contributed by atoms with van der Waals surface area (Å²) in [4.78, 5) is 16.3. The van der Waals surface area contributed by atoms with Gasteiger partial charge in [-0.2, -0.15) is 5.10 Å². The maximum absolute atomic E-state index is 12.3. The minimum Gasteiger partial charge on any atom is -0.320 e. The first-order valence-corrected chi connectivity index (χ1v) is 6.06. The smallest absolute Gasteiger partial charge is 0.257 e. The minimum absolute atomic E-state index is 0.234. The molecule has 0 radical (unpaired) electrons. The van der Waals surface area contributed by atoms with Gasteiger partial charge < -0.3 is 11.1 Å². The number of pyridine rings is 1. The molecule has 6 heteroatoms. The van der Waals surface area contributed by atoms with Crippen LogP contribution in [-0.4, -0.2) is 27.2 Å². The first-order valence-electron chi connectivity index (χ1n) is 6.06. The zero-order valence-electron chi connectivity index (χ0n) is 11.3. The average Bonchev–Trinajstić information content (AvgIpc) is 2.75. The van der Waals surface area contributed by atoms with Gasteiger partial charge in [0.25, 0.3) is 5.91 Å². The summed E-state index contributed by atoms with van der Waals surface area (Å²) >= 11 is 0. The molecule has 20 heavy (non-hydrogen) atoms. The fraction of sp³-hybridized carbons (Fsp3) is 0.214. The number of carbonyl (C=O) groups excluding carboxylic acids is 1. The molecule has 102 valence electrons. The van der Waals surface area contributed by atoms with Crippen LogP contribution in [0.2, 0.25) is 0 Å². The second-order valence-electron chi connectivity index (χ2n) is 4.18. The number of hydrogen-bond acceptors (Lipinski definition) is 4. The summed E-state index contributed by atoms with van der Waals surface area (Å²) in [6.45, 7) is 2.06. The number of carbonyl (C=O) groups is 1. The van der Waals surface area contributed by atoms with E-state index < -0.39 is 0 Å². The number of nitrogens with zero attached hydrogens (tertiary/aromatic N) is 3. The summed E-state index contributed by atoms with van der Waals surface area (Å²) in [5.41, 5.74) is 7.79. The van der Waals surface area contributed by atoms with Crippen LogP contribution in [0.15, 0.2) is 24.7 Å². The normalized spacial score (nSPS) is 9.75. The molecule has 1 amide bonds. The molecule has 6 nitrogen and oxygen atoms in total. The summed E-state index contributed by atoms with van der Waals surface area (Å²) in [5, 5.41) is 6.99. The monoisotopic (exact) mass is 269 g/mol. The number of nitrogens with one attached hydrogen (secondary N) is 1. The Morgan fingerprint density at radius 2 is 2.35 bits per heavy atom. The van der Waals surface area contributed by atoms with E-state index in [4.69, 9.17) is 5.73 Å². The van der Waals surface area contributed by atoms with Gasteiger partial charge in [0.1, 0.15) is 0 Å². The summed E-state index contributed by atoms with van der Waals surface area (Å²) in [7, 11) is 1.80. The van der Waals surface area contributed by atoms with Gasteiger partial charge >= 0.3 is 0 Å². The molecule has 2 heterocycles. The van der Waals surface area contributed by atoms with E-state index in [0.29, 0.717) is 16.8 Å². The quantitative estimate of drug-likeness (QED) is 0.785. The van der Waals surface area contributed by atoms with Crippen molar-refractivity contribution in [1.82, 2.24) is 14.8 Å². The molecule has 2 aromatic heterocycles. The molecule has 0 aromatic carbocycles. The van der Waals surface area contributed by atoms with Gasteiger partial charge in [-0.15, -0.1) is 0 Å². The van der Waals surface area contributed by atoms with Crippen LogP contribution < -0.4 is 11.1 Å². The van der Waals surface area contributed by atoms with Gasteiger partial charge in [-0.1, -0.05) is 11.8 Å². The van der Waals surface area contributed by atoms with E-state index in [1.807, 2.05) is 6.92 Å². The predicted molar refractivity (Wildman–Crippen MR) is 76.1 cm³/mol. The molecule has 0 spiro atoms. The second-order valence-corrected chi connectivity index (χ2v) is 4.18. The van der Waals surface area contributed by atoms with Gasteiger partial charge in [0, 0.05) is 25.6 Å². The van der Waals surface area contributed by atoms with Crippen LogP contribution in [0.25, 0.3) is 0 Å². The van der Waals surface area contributed by atoms with Crippen molar-refractivity contribution in [2.24, 2.45) is 12.8 Å². The Morgan fingerprint density at radius 1 is 1.55 bits per heavy atom. The van der Waals surface area contributed by atoms with Crippen LogP contribution in [0.1, 0.15) is 21.6 Å². The molecule has 2 rings (SSSR count). The number of aryl methyl sites for hydroxylation is 2. The van der Waals surface area contributed by atoms with Crippen molar-refractivity contribution < 1.29 is 4.79 Å². The van der Waals surface area contributed by atoms with E-state index in [-0.39, 0.29) is 12.5 Å². The second kappa shape index (κ2) is 5.99. The highest BCUT2D eigenvalue weighted by molar-refractivity contribution is 6.06. The fourth-order valence-corrected chi connectivity index (χ4v) is 1.75. The molecule has 0 aliphatic heterocycles. The minimum atomic E-state index is -0.246. The molecule has 0 saturated carbocycles. The Balaban J connectivity index is 2.28. The van der Waals surface area contributed by atoms with Gasteiger partial charge in [0.15, 0.2) is 0 Å². The van der Waals surface area contributed by atoms with Crippen LogP contribution >= 0.6 is 0 Å². The highest BCUT2D eigenvalue weighted by Gasteiger charge is 2.12. The molecule has 3 N–H and O–H groups in total. The van der Waals surface area contributed by atoms with E-state index >= 15 is 0 Å². The molecule has 0 saturated heterocycles. The number of nitrogens with two attached hydrogens (primary N) is 1. The topological polar surface area (TPSA) is 85.8 Å². The Bertz CT molecular complexity index is 693. The summed E-state index contributed by atoms with van der Waals surface area (Å²) in [6, 6.07) is 1.63. The summed E-state index contributed by atoms with van der Waals surface area (Å²) in [6.07, 6.45) is 4.85. The molecule has 0 fully saturated rings. The lowest BCUT2D eigenvalue weighted by atomic mass is 10.1. The van der Waals surface area contributed by atoms with Gasteiger partial charge in [0.05, 0.1) is 29.1 Å². The van der Waals surface area contributed by atoms with Crippen molar-refractivity contribution in [3.05, 3.63) is 41.5 Å². The van der Waals surface area contributed by atoms with Crippen molar-refractivity contribution >= 4 is 11.6 Å². The number of anilines is 1. The number of aromatic nitrogens is 3. The third-order valence-electron chi connectivity index (χ3n) is 2.65. The van der Waals surface area contributed by atoms with Crippen molar-refractivity contribution in [3.63, 3.8) is 0 Å². The van der Waals surface area contributed by atoms with Crippen LogP contribution in [-0.2, 0) is 7.05 Å². The third kappa shape index (κ3) is 3.02. The molecule has 0 aliphatic carbocycles. The number of hydrogen-bond donors (Lipinski definition) is 2. The van der Waals surface area contributed by atoms with Crippen LogP contribution in [0, 0.1) is 18.8 Å². The molecule has 2 aromatic rings. The Kier molecular flexibility index (Phi) is 4.13. The highest BCUT2D eigenvalue weighted by atomic mass is 16.1. The molecule has 0 bridgehead atoms. The van der Waals surface area contributed by atoms with Crippen molar-refractivity contribution in [1.29, 1.82) is 0 Å². The van der Waals surface area contributed by atoms with Gasteiger partial charge in [-0.3, -0.25) is 14.5 Å². The van der Waals surface area contributed by atoms with Crippen LogP contribution in [0.5, 0.6) is 0 Å². The third-order valence-corrected chi connectivity index (χ3v) is 2.65. The number of amides is 1. The molecule has 0 aliphatic rings. The zero-order valence-corrected chi connectivity index (χ0v) is 11.3. The lowest BCUT2D eigenvalue weighted by molar-refractivity contribution is 0.102. The molecule has 0 atom stereocenters. The van der Waals surface area contributed by atoms with Crippen LogP contribution in [0.4, 0.5) is 5.69 Å². The highest BCUT2D eigenvalue weighted by Crippen LogP contribution is 2.14. The van der Waals surface area contributed by atoms with Gasteiger partial charge in [-0.25, -0.2) is 0 Å². The van der Waals surface area contributed by atoms with Crippen molar-refractivity contribution in [2.45, 2.75) is 6.92 Å². The van der Waals surface area contributed by atoms with E-state index in [9.17, 15) is 4.79 Å². The maximum atomic E-state index is 12.3. The maximum Gasteiger partial charge on any atom is 0.257 e. The Morgan fingerprint density at radius 3 is 3.00 bits per heavy atom. The predicted octanol–water partition coefficient (Wildman–Crippen LogP) is 0.686. The molecular formula is C14H15N5O. The lowest BCUT2D eigenvalue weighted by Gasteiger charge is -2.05. The summed E-state index contributed by atoms with van der Waals surface area (Å²) < 4.78 is 1.65.